The second-order valence-electron chi connectivity index (χ2n) is 8.18. The van der Waals surface area contributed by atoms with Crippen molar-refractivity contribution in [1.29, 1.82) is 0 Å². The molecule has 0 bridgehead atoms. The Morgan fingerprint density at radius 2 is 1.43 bits per heavy atom. The first-order chi connectivity index (χ1) is 16.9. The standard InChI is InChI=1S/C28H32N2O5/c1-19(22-8-6-5-7-9-22)29-28(32)24(16-21-12-15-25(34-3)26(17-21)35-4)30-27(31)18-20-10-13-23(33-2)14-11-20/h5-15,17,19,24H,16,18H2,1-4H3,(H,29,32)(H,30,31). The summed E-state index contributed by atoms with van der Waals surface area (Å²) in [6.07, 6.45) is 0.440. The van der Waals surface area contributed by atoms with Gasteiger partial charge in [-0.15, -0.1) is 0 Å². The lowest BCUT2D eigenvalue weighted by Crippen LogP contribution is -2.49. The summed E-state index contributed by atoms with van der Waals surface area (Å²) in [5, 5.41) is 5.94. The number of rotatable bonds is 11. The van der Waals surface area contributed by atoms with E-state index in [9.17, 15) is 9.59 Å². The SMILES string of the molecule is COc1ccc(CC(=O)NC(Cc2ccc(OC)c(OC)c2)C(=O)NC(C)c2ccccc2)cc1. The van der Waals surface area contributed by atoms with Crippen molar-refractivity contribution in [3.63, 3.8) is 0 Å². The van der Waals surface area contributed by atoms with Crippen molar-refractivity contribution in [3.8, 4) is 17.2 Å². The molecule has 0 aliphatic carbocycles. The van der Waals surface area contributed by atoms with Gasteiger partial charge in [0.15, 0.2) is 11.5 Å². The Morgan fingerprint density at radius 1 is 0.771 bits per heavy atom. The van der Waals surface area contributed by atoms with Crippen LogP contribution < -0.4 is 24.8 Å². The summed E-state index contributed by atoms with van der Waals surface area (Å²) in [5.41, 5.74) is 2.64. The fourth-order valence-electron chi connectivity index (χ4n) is 3.77. The normalized spacial score (nSPS) is 12.2. The maximum Gasteiger partial charge on any atom is 0.243 e. The smallest absolute Gasteiger partial charge is 0.243 e. The minimum atomic E-state index is -0.773. The van der Waals surface area contributed by atoms with Crippen molar-refractivity contribution in [2.24, 2.45) is 0 Å². The van der Waals surface area contributed by atoms with Gasteiger partial charge in [0.2, 0.25) is 11.8 Å². The van der Waals surface area contributed by atoms with E-state index in [-0.39, 0.29) is 24.3 Å². The molecule has 0 spiro atoms. The number of amides is 2. The van der Waals surface area contributed by atoms with Crippen LogP contribution in [0.5, 0.6) is 17.2 Å². The van der Waals surface area contributed by atoms with Gasteiger partial charge < -0.3 is 24.8 Å². The Hall–Kier alpha value is -4.00. The van der Waals surface area contributed by atoms with Crippen LogP contribution in [-0.4, -0.2) is 39.2 Å². The Labute approximate surface area is 206 Å². The zero-order chi connectivity index (χ0) is 25.2. The second kappa shape index (κ2) is 12.5. The van der Waals surface area contributed by atoms with Gasteiger partial charge in [0.05, 0.1) is 33.8 Å². The topological polar surface area (TPSA) is 85.9 Å². The van der Waals surface area contributed by atoms with Crippen molar-refractivity contribution in [3.05, 3.63) is 89.5 Å². The molecule has 0 aliphatic rings. The van der Waals surface area contributed by atoms with E-state index in [0.717, 1.165) is 22.4 Å². The maximum absolute atomic E-state index is 13.3. The third kappa shape index (κ3) is 7.24. The average molecular weight is 477 g/mol. The monoisotopic (exact) mass is 476 g/mol. The first kappa shape index (κ1) is 25.6. The quantitative estimate of drug-likeness (QED) is 0.439. The molecule has 35 heavy (non-hydrogen) atoms. The molecular weight excluding hydrogens is 444 g/mol. The number of carbonyl (C=O) groups excluding carboxylic acids is 2. The lowest BCUT2D eigenvalue weighted by molar-refractivity contribution is -0.129. The van der Waals surface area contributed by atoms with Crippen LogP contribution in [0.25, 0.3) is 0 Å². The van der Waals surface area contributed by atoms with Crippen molar-refractivity contribution in [2.75, 3.05) is 21.3 Å². The molecule has 3 aromatic carbocycles. The van der Waals surface area contributed by atoms with E-state index in [1.54, 1.807) is 39.5 Å². The molecule has 2 atom stereocenters. The third-order valence-electron chi connectivity index (χ3n) is 5.72. The van der Waals surface area contributed by atoms with Crippen LogP contribution in [0, 0.1) is 0 Å². The van der Waals surface area contributed by atoms with Gasteiger partial charge in [0, 0.05) is 6.42 Å². The molecule has 0 saturated carbocycles. The first-order valence-corrected chi connectivity index (χ1v) is 11.4. The summed E-state index contributed by atoms with van der Waals surface area (Å²) in [4.78, 5) is 26.2. The summed E-state index contributed by atoms with van der Waals surface area (Å²) >= 11 is 0. The minimum Gasteiger partial charge on any atom is -0.497 e. The van der Waals surface area contributed by atoms with Crippen LogP contribution in [0.15, 0.2) is 72.8 Å². The predicted molar refractivity (Wildman–Crippen MR) is 135 cm³/mol. The Morgan fingerprint density at radius 3 is 2.06 bits per heavy atom. The van der Waals surface area contributed by atoms with Gasteiger partial charge in [0.25, 0.3) is 0 Å². The Kier molecular flexibility index (Phi) is 9.12. The summed E-state index contributed by atoms with van der Waals surface area (Å²) in [6, 6.07) is 21.4. The fraction of sp³-hybridized carbons (Fsp3) is 0.286. The molecule has 3 rings (SSSR count). The molecule has 7 nitrogen and oxygen atoms in total. The largest absolute Gasteiger partial charge is 0.497 e. The molecule has 2 unspecified atom stereocenters. The van der Waals surface area contributed by atoms with Crippen LogP contribution in [0.3, 0.4) is 0 Å². The van der Waals surface area contributed by atoms with Crippen molar-refractivity contribution >= 4 is 11.8 Å². The molecule has 2 N–H and O–H groups in total. The summed E-state index contributed by atoms with van der Waals surface area (Å²) < 4.78 is 15.9. The van der Waals surface area contributed by atoms with E-state index in [0.29, 0.717) is 17.9 Å². The lowest BCUT2D eigenvalue weighted by Gasteiger charge is -2.22. The van der Waals surface area contributed by atoms with Gasteiger partial charge >= 0.3 is 0 Å². The molecule has 0 fully saturated rings. The molecule has 3 aromatic rings. The van der Waals surface area contributed by atoms with E-state index in [4.69, 9.17) is 14.2 Å². The van der Waals surface area contributed by atoms with Crippen LogP contribution in [0.2, 0.25) is 0 Å². The molecule has 0 radical (unpaired) electrons. The Balaban J connectivity index is 1.77. The number of hydrogen-bond acceptors (Lipinski definition) is 5. The molecule has 184 valence electrons. The lowest BCUT2D eigenvalue weighted by atomic mass is 10.0. The zero-order valence-corrected chi connectivity index (χ0v) is 20.5. The number of hydrogen-bond donors (Lipinski definition) is 2. The number of nitrogens with one attached hydrogen (secondary N) is 2. The number of methoxy groups -OCH3 is 3. The molecule has 2 amide bonds. The third-order valence-corrected chi connectivity index (χ3v) is 5.72. The molecular formula is C28H32N2O5. The van der Waals surface area contributed by atoms with Gasteiger partial charge in [-0.05, 0) is 47.9 Å². The maximum atomic E-state index is 13.3. The zero-order valence-electron chi connectivity index (χ0n) is 20.5. The summed E-state index contributed by atoms with van der Waals surface area (Å²) in [7, 11) is 4.72. The minimum absolute atomic E-state index is 0.147. The van der Waals surface area contributed by atoms with Crippen molar-refractivity contribution in [2.45, 2.75) is 31.8 Å². The van der Waals surface area contributed by atoms with Gasteiger partial charge in [0.1, 0.15) is 11.8 Å². The van der Waals surface area contributed by atoms with Crippen LogP contribution in [0.4, 0.5) is 0 Å². The molecule has 0 heterocycles. The predicted octanol–water partition coefficient (Wildman–Crippen LogP) is 3.86. The van der Waals surface area contributed by atoms with Crippen LogP contribution in [-0.2, 0) is 22.4 Å². The highest BCUT2D eigenvalue weighted by molar-refractivity contribution is 5.89. The van der Waals surface area contributed by atoms with Gasteiger partial charge in [-0.25, -0.2) is 0 Å². The summed E-state index contributed by atoms with van der Waals surface area (Å²) in [5.74, 6) is 1.36. The average Bonchev–Trinajstić information content (AvgIpc) is 2.89. The number of ether oxygens (including phenoxy) is 3. The van der Waals surface area contributed by atoms with Crippen molar-refractivity contribution in [1.82, 2.24) is 10.6 Å². The fourth-order valence-corrected chi connectivity index (χ4v) is 3.77. The van der Waals surface area contributed by atoms with Gasteiger partial charge in [-0.2, -0.15) is 0 Å². The van der Waals surface area contributed by atoms with E-state index < -0.39 is 6.04 Å². The second-order valence-corrected chi connectivity index (χ2v) is 8.18. The molecule has 0 aromatic heterocycles. The van der Waals surface area contributed by atoms with Crippen LogP contribution in [0.1, 0.15) is 29.7 Å². The first-order valence-electron chi connectivity index (χ1n) is 11.4. The molecule has 0 saturated heterocycles. The summed E-state index contributed by atoms with van der Waals surface area (Å²) in [6.45, 7) is 1.92. The highest BCUT2D eigenvalue weighted by atomic mass is 16.5. The Bertz CT molecular complexity index is 1120. The number of carbonyl (C=O) groups is 2. The van der Waals surface area contributed by atoms with Crippen molar-refractivity contribution < 1.29 is 23.8 Å². The van der Waals surface area contributed by atoms with Gasteiger partial charge in [-0.1, -0.05) is 48.5 Å². The van der Waals surface area contributed by atoms with E-state index >= 15 is 0 Å². The van der Waals surface area contributed by atoms with E-state index in [1.807, 2.05) is 61.5 Å². The van der Waals surface area contributed by atoms with Gasteiger partial charge in [-0.3, -0.25) is 9.59 Å². The molecule has 7 heteroatoms. The van der Waals surface area contributed by atoms with E-state index in [2.05, 4.69) is 10.6 Å². The number of benzene rings is 3. The van der Waals surface area contributed by atoms with E-state index in [1.165, 1.54) is 0 Å². The highest BCUT2D eigenvalue weighted by Gasteiger charge is 2.24. The van der Waals surface area contributed by atoms with Crippen LogP contribution >= 0.6 is 0 Å². The highest BCUT2D eigenvalue weighted by Crippen LogP contribution is 2.28. The molecule has 0 aliphatic heterocycles.